The third-order valence-electron chi connectivity index (χ3n) is 4.73. The Balaban J connectivity index is 1.79. The number of amides is 1. The number of thiocarbonyl (C=S) groups is 1. The van der Waals surface area contributed by atoms with Crippen molar-refractivity contribution in [1.82, 2.24) is 10.6 Å². The number of carbonyl (C=O) groups excluding carboxylic acids is 1. The first-order valence-electron chi connectivity index (χ1n) is 9.94. The number of benzene rings is 3. The number of hydrogen-bond acceptors (Lipinski definition) is 4. The summed E-state index contributed by atoms with van der Waals surface area (Å²) in [4.78, 5) is 23.3. The van der Waals surface area contributed by atoms with E-state index < -0.39 is 34.2 Å². The molecule has 176 valence electrons. The average Bonchev–Trinajstić information content (AvgIpc) is 2.80. The van der Waals surface area contributed by atoms with Gasteiger partial charge >= 0.3 is 6.18 Å². The van der Waals surface area contributed by atoms with Crippen LogP contribution in [0, 0.1) is 10.1 Å². The van der Waals surface area contributed by atoms with Crippen LogP contribution in [0.5, 0.6) is 0 Å². The van der Waals surface area contributed by atoms with E-state index in [2.05, 4.69) is 5.32 Å². The van der Waals surface area contributed by atoms with E-state index >= 15 is 0 Å². The van der Waals surface area contributed by atoms with Crippen LogP contribution in [0.15, 0.2) is 84.9 Å². The van der Waals surface area contributed by atoms with Gasteiger partial charge in [-0.25, -0.2) is 0 Å². The summed E-state index contributed by atoms with van der Waals surface area (Å²) in [5.41, 5.74) is 0.890. The SMILES string of the molecule is O=C(NC(NC(=S)Nc1cccc([N+](=O)[O-])c1)C(F)(F)F)C(c1ccccc1)c1ccccc1. The lowest BCUT2D eigenvalue weighted by Crippen LogP contribution is -2.58. The number of nitro groups is 1. The van der Waals surface area contributed by atoms with Crippen LogP contribution in [0.1, 0.15) is 17.0 Å². The summed E-state index contributed by atoms with van der Waals surface area (Å²) in [5, 5.41) is 16.9. The molecule has 0 fully saturated rings. The highest BCUT2D eigenvalue weighted by Crippen LogP contribution is 2.26. The largest absolute Gasteiger partial charge is 0.427 e. The molecular formula is C23H19F3N4O3S. The average molecular weight is 488 g/mol. The van der Waals surface area contributed by atoms with E-state index in [1.165, 1.54) is 18.2 Å². The van der Waals surface area contributed by atoms with Gasteiger partial charge in [0.2, 0.25) is 5.91 Å². The van der Waals surface area contributed by atoms with Crippen LogP contribution < -0.4 is 16.0 Å². The van der Waals surface area contributed by atoms with Crippen molar-refractivity contribution in [3.8, 4) is 0 Å². The summed E-state index contributed by atoms with van der Waals surface area (Å²) in [7, 11) is 0. The van der Waals surface area contributed by atoms with Crippen LogP contribution in [0.3, 0.4) is 0 Å². The fourth-order valence-electron chi connectivity index (χ4n) is 3.21. The first kappa shape index (κ1) is 24.6. The first-order valence-corrected chi connectivity index (χ1v) is 10.3. The molecule has 11 heteroatoms. The monoisotopic (exact) mass is 488 g/mol. The standard InChI is InChI=1S/C23H19F3N4O3S/c24-23(25,26)21(29-22(34)27-17-12-7-13-18(14-17)30(32)33)28-20(31)19(15-8-3-1-4-9-15)16-10-5-2-6-11-16/h1-14,19,21H,(H,28,31)(H2,27,29,34). The van der Waals surface area contributed by atoms with Gasteiger partial charge in [0.25, 0.3) is 5.69 Å². The van der Waals surface area contributed by atoms with Crippen LogP contribution in [0.2, 0.25) is 0 Å². The molecule has 34 heavy (non-hydrogen) atoms. The number of hydrogen-bond donors (Lipinski definition) is 3. The van der Waals surface area contributed by atoms with Gasteiger partial charge in [0.1, 0.15) is 0 Å². The van der Waals surface area contributed by atoms with Crippen LogP contribution in [0.4, 0.5) is 24.5 Å². The first-order chi connectivity index (χ1) is 16.1. The van der Waals surface area contributed by atoms with Crippen molar-refractivity contribution >= 4 is 34.6 Å². The Morgan fingerprint density at radius 3 is 1.94 bits per heavy atom. The Morgan fingerprint density at radius 1 is 0.882 bits per heavy atom. The summed E-state index contributed by atoms with van der Waals surface area (Å²) in [6, 6.07) is 22.0. The van der Waals surface area contributed by atoms with Gasteiger partial charge in [-0.2, -0.15) is 13.2 Å². The van der Waals surface area contributed by atoms with Crippen LogP contribution in [0.25, 0.3) is 0 Å². The third kappa shape index (κ3) is 6.51. The quantitative estimate of drug-likeness (QED) is 0.193. The number of rotatable bonds is 7. The van der Waals surface area contributed by atoms with E-state index in [0.29, 0.717) is 11.1 Å². The lowest BCUT2D eigenvalue weighted by Gasteiger charge is -2.27. The molecule has 7 nitrogen and oxygen atoms in total. The number of nitrogens with zero attached hydrogens (tertiary/aromatic N) is 1. The lowest BCUT2D eigenvalue weighted by atomic mass is 9.90. The molecule has 1 unspecified atom stereocenters. The molecule has 0 aliphatic heterocycles. The molecule has 0 spiro atoms. The smallest absolute Gasteiger partial charge is 0.335 e. The third-order valence-corrected chi connectivity index (χ3v) is 4.95. The predicted molar refractivity (Wildman–Crippen MR) is 125 cm³/mol. The Labute approximate surface area is 198 Å². The number of non-ortho nitro benzene ring substituents is 1. The summed E-state index contributed by atoms with van der Waals surface area (Å²) in [5.74, 6) is -1.88. The van der Waals surface area contributed by atoms with E-state index in [1.807, 2.05) is 10.6 Å². The molecule has 3 aromatic carbocycles. The van der Waals surface area contributed by atoms with Crippen molar-refractivity contribution in [2.75, 3.05) is 5.32 Å². The number of nitrogens with one attached hydrogen (secondary N) is 3. The van der Waals surface area contributed by atoms with Crippen molar-refractivity contribution in [1.29, 1.82) is 0 Å². The van der Waals surface area contributed by atoms with Crippen LogP contribution in [-0.2, 0) is 4.79 Å². The molecule has 3 N–H and O–H groups in total. The fraction of sp³-hybridized carbons (Fsp3) is 0.130. The van der Waals surface area contributed by atoms with E-state index in [4.69, 9.17) is 12.2 Å². The highest BCUT2D eigenvalue weighted by molar-refractivity contribution is 7.80. The van der Waals surface area contributed by atoms with Gasteiger partial charge < -0.3 is 16.0 Å². The summed E-state index contributed by atoms with van der Waals surface area (Å²) in [6.45, 7) is 0. The molecular weight excluding hydrogens is 469 g/mol. The van der Waals surface area contributed by atoms with Crippen molar-refractivity contribution in [2.24, 2.45) is 0 Å². The summed E-state index contributed by atoms with van der Waals surface area (Å²) in [6.07, 6.45) is -7.39. The molecule has 0 heterocycles. The van der Waals surface area contributed by atoms with Gasteiger partial charge in [0.05, 0.1) is 10.8 Å². The molecule has 3 rings (SSSR count). The van der Waals surface area contributed by atoms with Gasteiger partial charge in [0, 0.05) is 17.8 Å². The van der Waals surface area contributed by atoms with Crippen molar-refractivity contribution in [2.45, 2.75) is 18.3 Å². The maximum absolute atomic E-state index is 13.8. The van der Waals surface area contributed by atoms with Gasteiger partial charge in [-0.1, -0.05) is 66.7 Å². The molecule has 0 aliphatic carbocycles. The topological polar surface area (TPSA) is 96.3 Å². The Kier molecular flexibility index (Phi) is 7.79. The molecule has 1 amide bonds. The Hall–Kier alpha value is -3.99. The number of nitro benzene ring substituents is 1. The molecule has 0 aromatic heterocycles. The lowest BCUT2D eigenvalue weighted by molar-refractivity contribution is -0.384. The van der Waals surface area contributed by atoms with Gasteiger partial charge in [-0.15, -0.1) is 0 Å². The number of halogens is 3. The normalized spacial score (nSPS) is 12.0. The van der Waals surface area contributed by atoms with E-state index in [9.17, 15) is 28.1 Å². The van der Waals surface area contributed by atoms with Crippen LogP contribution in [-0.4, -0.2) is 28.3 Å². The molecule has 0 saturated heterocycles. The zero-order chi connectivity index (χ0) is 24.7. The summed E-state index contributed by atoms with van der Waals surface area (Å²) < 4.78 is 41.3. The highest BCUT2D eigenvalue weighted by atomic mass is 32.1. The zero-order valence-electron chi connectivity index (χ0n) is 17.5. The molecule has 1 atom stereocenters. The predicted octanol–water partition coefficient (Wildman–Crippen LogP) is 4.72. The van der Waals surface area contributed by atoms with Gasteiger partial charge in [-0.3, -0.25) is 14.9 Å². The maximum atomic E-state index is 13.8. The fourth-order valence-corrected chi connectivity index (χ4v) is 3.44. The molecule has 0 bridgehead atoms. The molecule has 0 aliphatic rings. The maximum Gasteiger partial charge on any atom is 0.427 e. The minimum Gasteiger partial charge on any atom is -0.335 e. The number of alkyl halides is 3. The second-order valence-corrected chi connectivity index (χ2v) is 7.55. The van der Waals surface area contributed by atoms with E-state index in [-0.39, 0.29) is 11.4 Å². The van der Waals surface area contributed by atoms with E-state index in [0.717, 1.165) is 6.07 Å². The van der Waals surface area contributed by atoms with Crippen molar-refractivity contribution in [3.63, 3.8) is 0 Å². The van der Waals surface area contributed by atoms with Crippen LogP contribution >= 0.6 is 12.2 Å². The molecule has 0 saturated carbocycles. The second-order valence-electron chi connectivity index (χ2n) is 7.14. The van der Waals surface area contributed by atoms with E-state index in [1.54, 1.807) is 60.7 Å². The van der Waals surface area contributed by atoms with Gasteiger partial charge in [-0.05, 0) is 29.4 Å². The number of anilines is 1. The zero-order valence-corrected chi connectivity index (χ0v) is 18.3. The van der Waals surface area contributed by atoms with Gasteiger partial charge in [0.15, 0.2) is 11.3 Å². The summed E-state index contributed by atoms with van der Waals surface area (Å²) >= 11 is 4.95. The van der Waals surface area contributed by atoms with Crippen molar-refractivity contribution in [3.05, 3.63) is 106 Å². The second kappa shape index (κ2) is 10.8. The highest BCUT2D eigenvalue weighted by Gasteiger charge is 2.42. The van der Waals surface area contributed by atoms with Crippen molar-refractivity contribution < 1.29 is 22.9 Å². The minimum absolute atomic E-state index is 0.116. The number of carbonyl (C=O) groups is 1. The molecule has 0 radical (unpaired) electrons. The minimum atomic E-state index is -4.89. The Morgan fingerprint density at radius 2 is 1.44 bits per heavy atom. The molecule has 3 aromatic rings. The Bertz CT molecular complexity index is 1120.